The third kappa shape index (κ3) is 2.91. The average Bonchev–Trinajstić information content (AvgIpc) is 3.24. The van der Waals surface area contributed by atoms with Crippen LogP contribution in [0.15, 0.2) is 65.7 Å². The molecule has 7 rings (SSSR count). The van der Waals surface area contributed by atoms with Gasteiger partial charge >= 0.3 is 0 Å². The van der Waals surface area contributed by atoms with Crippen LogP contribution in [0, 0.1) is 11.6 Å². The average molecular weight is 517 g/mol. The lowest BCUT2D eigenvalue weighted by Gasteiger charge is -2.51. The van der Waals surface area contributed by atoms with Crippen molar-refractivity contribution in [2.75, 3.05) is 24.8 Å². The second-order valence-electron chi connectivity index (χ2n) is 9.66. The van der Waals surface area contributed by atoms with E-state index in [0.29, 0.717) is 11.1 Å². The lowest BCUT2D eigenvalue weighted by atomic mass is 9.91. The summed E-state index contributed by atoms with van der Waals surface area (Å²) in [5, 5.41) is 12.6. The summed E-state index contributed by atoms with van der Waals surface area (Å²) >= 11 is 0. The van der Waals surface area contributed by atoms with Crippen LogP contribution < -0.4 is 10.4 Å². The van der Waals surface area contributed by atoms with E-state index < -0.39 is 40.9 Å². The van der Waals surface area contributed by atoms with Gasteiger partial charge in [-0.2, -0.15) is 0 Å². The fourth-order valence-corrected chi connectivity index (χ4v) is 6.07. The summed E-state index contributed by atoms with van der Waals surface area (Å²) in [4.78, 5) is 27.5. The SMILES string of the molecule is Cn1ccc2c1-c1ccccc1C(N1C3COCCN3C(=O)c3c(O)c(=O)ccn31)c1ccc(F)c(F)c1-2. The molecule has 0 spiro atoms. The number of halogens is 2. The molecule has 2 aromatic carbocycles. The number of benzene rings is 2. The number of carbonyl (C=O) groups is 1. The van der Waals surface area contributed by atoms with Crippen LogP contribution in [0.3, 0.4) is 0 Å². The van der Waals surface area contributed by atoms with E-state index in [-0.39, 0.29) is 31.0 Å². The molecule has 1 saturated heterocycles. The number of aromatic hydroxyl groups is 1. The van der Waals surface area contributed by atoms with E-state index >= 15 is 4.39 Å². The minimum Gasteiger partial charge on any atom is -0.502 e. The van der Waals surface area contributed by atoms with Crippen LogP contribution in [-0.4, -0.2) is 51.1 Å². The predicted molar refractivity (Wildman–Crippen MR) is 134 cm³/mol. The van der Waals surface area contributed by atoms with Crippen molar-refractivity contribution < 1.29 is 23.4 Å². The van der Waals surface area contributed by atoms with Gasteiger partial charge in [-0.05, 0) is 23.3 Å². The molecule has 1 amide bonds. The number of aromatic nitrogens is 2. The fourth-order valence-electron chi connectivity index (χ4n) is 6.07. The molecule has 192 valence electrons. The van der Waals surface area contributed by atoms with Gasteiger partial charge in [0.05, 0.1) is 24.9 Å². The topological polar surface area (TPSA) is 79.9 Å². The highest BCUT2D eigenvalue weighted by atomic mass is 19.2. The van der Waals surface area contributed by atoms with E-state index in [4.69, 9.17) is 4.74 Å². The Morgan fingerprint density at radius 3 is 2.61 bits per heavy atom. The zero-order valence-corrected chi connectivity index (χ0v) is 20.3. The molecule has 1 fully saturated rings. The number of nitrogens with zero attached hydrogens (tertiary/aromatic N) is 4. The number of carbonyl (C=O) groups excluding carboxylic acids is 1. The van der Waals surface area contributed by atoms with Crippen LogP contribution in [0.25, 0.3) is 22.4 Å². The van der Waals surface area contributed by atoms with Crippen LogP contribution in [0.1, 0.15) is 27.7 Å². The Balaban J connectivity index is 1.60. The second kappa shape index (κ2) is 8.03. The van der Waals surface area contributed by atoms with E-state index in [1.54, 1.807) is 17.0 Å². The number of amides is 1. The molecular formula is C28H22F2N4O4. The van der Waals surface area contributed by atoms with Crippen molar-refractivity contribution >= 4 is 5.91 Å². The molecule has 1 aliphatic carbocycles. The van der Waals surface area contributed by atoms with Crippen molar-refractivity contribution in [1.29, 1.82) is 0 Å². The number of pyridine rings is 1. The van der Waals surface area contributed by atoms with Gasteiger partial charge in [-0.1, -0.05) is 30.3 Å². The van der Waals surface area contributed by atoms with Crippen molar-refractivity contribution in [3.8, 4) is 28.1 Å². The highest BCUT2D eigenvalue weighted by Gasteiger charge is 2.46. The first-order valence-corrected chi connectivity index (χ1v) is 12.2. The molecule has 0 saturated carbocycles. The van der Waals surface area contributed by atoms with Crippen molar-refractivity contribution in [3.05, 3.63) is 99.6 Å². The molecular weight excluding hydrogens is 494 g/mol. The molecule has 4 aromatic rings. The minimum absolute atomic E-state index is 0.119. The first kappa shape index (κ1) is 22.7. The van der Waals surface area contributed by atoms with Crippen LogP contribution in [0.4, 0.5) is 8.78 Å². The second-order valence-corrected chi connectivity index (χ2v) is 9.66. The maximum absolute atomic E-state index is 15.7. The van der Waals surface area contributed by atoms with Gasteiger partial charge in [0.2, 0.25) is 5.43 Å². The standard InChI is InChI=1S/C28H22F2N4O4/c1-31-10-8-18-22-17(6-7-19(29)23(22)30)25(16-5-3-2-4-15(16)24(18)31)34-21-14-38-13-12-32(21)28(37)26-27(36)20(35)9-11-33(26)34/h2-11,21,25,36H,12-14H2,1H3. The molecule has 2 atom stereocenters. The predicted octanol–water partition coefficient (Wildman–Crippen LogP) is 3.36. The molecule has 2 aromatic heterocycles. The van der Waals surface area contributed by atoms with E-state index in [1.165, 1.54) is 16.9 Å². The summed E-state index contributed by atoms with van der Waals surface area (Å²) in [5.41, 5.74) is 2.59. The first-order chi connectivity index (χ1) is 18.4. The quantitative estimate of drug-likeness (QED) is 0.420. The lowest BCUT2D eigenvalue weighted by Crippen LogP contribution is -2.66. The molecule has 0 radical (unpaired) electrons. The maximum atomic E-state index is 15.7. The van der Waals surface area contributed by atoms with Gasteiger partial charge in [-0.3, -0.25) is 19.3 Å². The molecule has 4 heterocycles. The fraction of sp³-hybridized carbons (Fsp3) is 0.214. The van der Waals surface area contributed by atoms with Crippen molar-refractivity contribution in [2.24, 2.45) is 7.05 Å². The Hall–Kier alpha value is -4.44. The Labute approximate surface area is 215 Å². The van der Waals surface area contributed by atoms with Gasteiger partial charge in [0.1, 0.15) is 6.17 Å². The monoisotopic (exact) mass is 516 g/mol. The van der Waals surface area contributed by atoms with E-state index in [1.807, 2.05) is 47.1 Å². The Bertz CT molecular complexity index is 1710. The highest BCUT2D eigenvalue weighted by molar-refractivity contribution is 5.97. The maximum Gasteiger partial charge on any atom is 0.278 e. The molecule has 38 heavy (non-hydrogen) atoms. The van der Waals surface area contributed by atoms with Gasteiger partial charge in [0.25, 0.3) is 5.91 Å². The van der Waals surface area contributed by atoms with E-state index in [0.717, 1.165) is 22.9 Å². The molecule has 3 aliphatic rings. The van der Waals surface area contributed by atoms with Gasteiger partial charge < -0.3 is 19.3 Å². The number of aryl methyl sites for hydroxylation is 1. The van der Waals surface area contributed by atoms with Crippen LogP contribution in [0.2, 0.25) is 0 Å². The summed E-state index contributed by atoms with van der Waals surface area (Å²) in [5.74, 6) is -3.11. The number of hydrogen-bond acceptors (Lipinski definition) is 5. The van der Waals surface area contributed by atoms with Crippen LogP contribution in [-0.2, 0) is 11.8 Å². The zero-order chi connectivity index (χ0) is 26.3. The molecule has 2 aliphatic heterocycles. The molecule has 0 bridgehead atoms. The zero-order valence-electron chi connectivity index (χ0n) is 20.3. The third-order valence-corrected chi connectivity index (χ3v) is 7.71. The number of ether oxygens (including phenoxy) is 1. The van der Waals surface area contributed by atoms with Crippen molar-refractivity contribution in [3.63, 3.8) is 0 Å². The smallest absolute Gasteiger partial charge is 0.278 e. The number of rotatable bonds is 1. The normalized spacial score (nSPS) is 19.7. The molecule has 1 N–H and O–H groups in total. The van der Waals surface area contributed by atoms with Gasteiger partial charge in [-0.15, -0.1) is 0 Å². The van der Waals surface area contributed by atoms with Crippen molar-refractivity contribution in [2.45, 2.75) is 12.2 Å². The van der Waals surface area contributed by atoms with Gasteiger partial charge in [0, 0.05) is 48.7 Å². The highest BCUT2D eigenvalue weighted by Crippen LogP contribution is 2.49. The summed E-state index contributed by atoms with van der Waals surface area (Å²) < 4.78 is 39.6. The van der Waals surface area contributed by atoms with E-state index in [2.05, 4.69) is 0 Å². The minimum atomic E-state index is -0.972. The van der Waals surface area contributed by atoms with Gasteiger partial charge in [-0.25, -0.2) is 8.78 Å². The number of fused-ring (bicyclic) bond motifs is 7. The summed E-state index contributed by atoms with van der Waals surface area (Å²) in [6.07, 6.45) is 2.59. The summed E-state index contributed by atoms with van der Waals surface area (Å²) in [7, 11) is 1.85. The summed E-state index contributed by atoms with van der Waals surface area (Å²) in [6, 6.07) is 12.5. The first-order valence-electron chi connectivity index (χ1n) is 12.2. The molecule has 8 nitrogen and oxygen atoms in total. The van der Waals surface area contributed by atoms with Gasteiger partial charge in [0.15, 0.2) is 23.1 Å². The van der Waals surface area contributed by atoms with Crippen LogP contribution >= 0.6 is 0 Å². The lowest BCUT2D eigenvalue weighted by molar-refractivity contribution is -0.0196. The Kier molecular flexibility index (Phi) is 4.80. The number of hydrogen-bond donors (Lipinski definition) is 1. The van der Waals surface area contributed by atoms with Crippen molar-refractivity contribution in [1.82, 2.24) is 14.1 Å². The summed E-state index contributed by atoms with van der Waals surface area (Å²) in [6.45, 7) is 0.668. The van der Waals surface area contributed by atoms with Crippen LogP contribution in [0.5, 0.6) is 5.75 Å². The Morgan fingerprint density at radius 2 is 1.76 bits per heavy atom. The molecule has 2 unspecified atom stereocenters. The third-order valence-electron chi connectivity index (χ3n) is 7.71. The molecule has 10 heteroatoms. The largest absolute Gasteiger partial charge is 0.502 e. The Morgan fingerprint density at radius 1 is 0.947 bits per heavy atom. The van der Waals surface area contributed by atoms with E-state index in [9.17, 15) is 19.1 Å². The number of morpholine rings is 1.